The van der Waals surface area contributed by atoms with E-state index in [1.54, 1.807) is 19.0 Å². The lowest BCUT2D eigenvalue weighted by Crippen LogP contribution is -2.43. The Bertz CT molecular complexity index is 473. The monoisotopic (exact) mass is 400 g/mol. The Balaban J connectivity index is 2.12. The molecule has 1 aliphatic rings. The Morgan fingerprint density at radius 2 is 2.11 bits per heavy atom. The maximum Gasteiger partial charge on any atom is 0.410 e. The van der Waals surface area contributed by atoms with Gasteiger partial charge in [-0.15, -0.1) is 0 Å². The van der Waals surface area contributed by atoms with E-state index < -0.39 is 5.60 Å². The molecule has 8 nitrogen and oxygen atoms in total. The molecule has 1 saturated heterocycles. The fourth-order valence-electron chi connectivity index (χ4n) is 2.81. The number of nitrogens with zero attached hydrogens (tertiary/aromatic N) is 2. The zero-order chi connectivity index (χ0) is 21.0. The molecule has 1 aliphatic heterocycles. The topological polar surface area (TPSA) is 84.4 Å². The summed E-state index contributed by atoms with van der Waals surface area (Å²) in [6.45, 7) is 12.1. The molecule has 1 heterocycles. The van der Waals surface area contributed by atoms with Crippen molar-refractivity contribution in [2.75, 3.05) is 53.6 Å². The van der Waals surface area contributed by atoms with Crippen LogP contribution in [0.2, 0.25) is 0 Å². The summed E-state index contributed by atoms with van der Waals surface area (Å²) in [4.78, 5) is 17.9. The molecule has 2 unspecified atom stereocenters. The van der Waals surface area contributed by atoms with Crippen molar-refractivity contribution in [3.05, 3.63) is 0 Å². The van der Waals surface area contributed by atoms with Crippen molar-refractivity contribution in [3.63, 3.8) is 0 Å². The van der Waals surface area contributed by atoms with E-state index in [2.05, 4.69) is 22.5 Å². The standard InChI is InChI=1S/C20H40N4O4/c1-16(14-24(6)19(25)28-20(2,3)4)13-23-18(21-5)22-10-8-11-26-15-17-9-7-12-27-17/h16-17H,7-15H2,1-6H3,(H2,21,22,23). The summed E-state index contributed by atoms with van der Waals surface area (Å²) in [7, 11) is 3.51. The van der Waals surface area contributed by atoms with Crippen LogP contribution in [0.15, 0.2) is 4.99 Å². The predicted molar refractivity (Wildman–Crippen MR) is 112 cm³/mol. The summed E-state index contributed by atoms with van der Waals surface area (Å²) in [5, 5.41) is 6.58. The third kappa shape index (κ3) is 11.3. The predicted octanol–water partition coefficient (Wildman–Crippen LogP) is 2.24. The van der Waals surface area contributed by atoms with E-state index in [0.29, 0.717) is 26.3 Å². The van der Waals surface area contributed by atoms with Crippen LogP contribution in [-0.4, -0.2) is 82.2 Å². The van der Waals surface area contributed by atoms with E-state index in [9.17, 15) is 4.79 Å². The van der Waals surface area contributed by atoms with Gasteiger partial charge in [0, 0.05) is 46.9 Å². The smallest absolute Gasteiger partial charge is 0.410 e. The summed E-state index contributed by atoms with van der Waals surface area (Å²) in [6, 6.07) is 0. The molecule has 0 spiro atoms. The minimum atomic E-state index is -0.480. The Labute approximate surface area is 170 Å². The first-order valence-corrected chi connectivity index (χ1v) is 10.3. The van der Waals surface area contributed by atoms with Gasteiger partial charge in [0.05, 0.1) is 12.7 Å². The van der Waals surface area contributed by atoms with Crippen molar-refractivity contribution in [2.45, 2.75) is 58.7 Å². The maximum absolute atomic E-state index is 12.0. The normalized spacial score (nSPS) is 18.6. The van der Waals surface area contributed by atoms with E-state index in [0.717, 1.165) is 38.4 Å². The van der Waals surface area contributed by atoms with Crippen molar-refractivity contribution in [1.82, 2.24) is 15.5 Å². The number of rotatable bonds is 10. The molecule has 2 N–H and O–H groups in total. The molecule has 8 heteroatoms. The van der Waals surface area contributed by atoms with Gasteiger partial charge in [0.15, 0.2) is 5.96 Å². The molecule has 0 radical (unpaired) electrons. The number of aliphatic imine (C=N–C) groups is 1. The van der Waals surface area contributed by atoms with Crippen LogP contribution in [0.1, 0.15) is 47.0 Å². The highest BCUT2D eigenvalue weighted by molar-refractivity contribution is 5.79. The zero-order valence-corrected chi connectivity index (χ0v) is 18.5. The Hall–Kier alpha value is -1.54. The highest BCUT2D eigenvalue weighted by atomic mass is 16.6. The second kappa shape index (κ2) is 12.8. The molecule has 1 fully saturated rings. The number of carbonyl (C=O) groups excluding carboxylic acids is 1. The molecule has 164 valence electrons. The summed E-state index contributed by atoms with van der Waals surface area (Å²) in [6.07, 6.45) is 3.14. The first kappa shape index (κ1) is 24.5. The second-order valence-electron chi connectivity index (χ2n) is 8.41. The number of hydrogen-bond donors (Lipinski definition) is 2. The van der Waals surface area contributed by atoms with Gasteiger partial charge in [-0.1, -0.05) is 6.92 Å². The molecule has 2 atom stereocenters. The number of guanidine groups is 1. The summed E-state index contributed by atoms with van der Waals surface area (Å²) < 4.78 is 16.6. The lowest BCUT2D eigenvalue weighted by Gasteiger charge is -2.26. The van der Waals surface area contributed by atoms with Gasteiger partial charge in [-0.25, -0.2) is 4.79 Å². The van der Waals surface area contributed by atoms with Crippen molar-refractivity contribution >= 4 is 12.1 Å². The van der Waals surface area contributed by atoms with E-state index in [4.69, 9.17) is 14.2 Å². The van der Waals surface area contributed by atoms with Gasteiger partial charge in [-0.05, 0) is 46.0 Å². The van der Waals surface area contributed by atoms with Crippen LogP contribution in [0.5, 0.6) is 0 Å². The number of hydrogen-bond acceptors (Lipinski definition) is 5. The van der Waals surface area contributed by atoms with Gasteiger partial charge < -0.3 is 29.7 Å². The van der Waals surface area contributed by atoms with Crippen LogP contribution in [0, 0.1) is 5.92 Å². The lowest BCUT2D eigenvalue weighted by molar-refractivity contribution is 0.0168. The average Bonchev–Trinajstić information content (AvgIpc) is 3.12. The van der Waals surface area contributed by atoms with Gasteiger partial charge in [0.25, 0.3) is 0 Å². The molecule has 0 bridgehead atoms. The molecular weight excluding hydrogens is 360 g/mol. The minimum absolute atomic E-state index is 0.255. The molecule has 0 saturated carbocycles. The molecule has 0 aromatic rings. The first-order chi connectivity index (χ1) is 13.2. The third-order valence-electron chi connectivity index (χ3n) is 4.22. The number of carbonyl (C=O) groups is 1. The van der Waals surface area contributed by atoms with Crippen molar-refractivity contribution in [2.24, 2.45) is 10.9 Å². The largest absolute Gasteiger partial charge is 0.444 e. The molecular formula is C20H40N4O4. The van der Waals surface area contributed by atoms with Crippen LogP contribution in [-0.2, 0) is 14.2 Å². The number of nitrogens with one attached hydrogen (secondary N) is 2. The first-order valence-electron chi connectivity index (χ1n) is 10.3. The summed E-state index contributed by atoms with van der Waals surface area (Å²) >= 11 is 0. The van der Waals surface area contributed by atoms with Crippen molar-refractivity contribution in [1.29, 1.82) is 0 Å². The van der Waals surface area contributed by atoms with Crippen LogP contribution in [0.4, 0.5) is 4.79 Å². The van der Waals surface area contributed by atoms with E-state index in [1.807, 2.05) is 20.8 Å². The summed E-state index contributed by atoms with van der Waals surface area (Å²) in [5.41, 5.74) is -0.480. The maximum atomic E-state index is 12.0. The second-order valence-corrected chi connectivity index (χ2v) is 8.41. The fourth-order valence-corrected chi connectivity index (χ4v) is 2.81. The van der Waals surface area contributed by atoms with Gasteiger partial charge >= 0.3 is 6.09 Å². The average molecular weight is 401 g/mol. The van der Waals surface area contributed by atoms with Crippen LogP contribution in [0.25, 0.3) is 0 Å². The molecule has 1 rings (SSSR count). The van der Waals surface area contributed by atoms with Crippen molar-refractivity contribution < 1.29 is 19.0 Å². The summed E-state index contributed by atoms with van der Waals surface area (Å²) in [5.74, 6) is 1.01. The molecule has 0 aromatic heterocycles. The van der Waals surface area contributed by atoms with Crippen LogP contribution >= 0.6 is 0 Å². The lowest BCUT2D eigenvalue weighted by atomic mass is 10.1. The van der Waals surface area contributed by atoms with Crippen LogP contribution in [0.3, 0.4) is 0 Å². The number of amides is 1. The highest BCUT2D eigenvalue weighted by Crippen LogP contribution is 2.12. The highest BCUT2D eigenvalue weighted by Gasteiger charge is 2.20. The Kier molecular flexibility index (Phi) is 11.2. The zero-order valence-electron chi connectivity index (χ0n) is 18.5. The third-order valence-corrected chi connectivity index (χ3v) is 4.22. The van der Waals surface area contributed by atoms with E-state index >= 15 is 0 Å². The van der Waals surface area contributed by atoms with Gasteiger partial charge in [-0.2, -0.15) is 0 Å². The van der Waals surface area contributed by atoms with Crippen molar-refractivity contribution in [3.8, 4) is 0 Å². The molecule has 1 amide bonds. The SMILES string of the molecule is CN=C(NCCCOCC1CCCO1)NCC(C)CN(C)C(=O)OC(C)(C)C. The minimum Gasteiger partial charge on any atom is -0.444 e. The fraction of sp³-hybridized carbons (Fsp3) is 0.900. The Morgan fingerprint density at radius 3 is 2.71 bits per heavy atom. The van der Waals surface area contributed by atoms with Crippen LogP contribution < -0.4 is 10.6 Å². The molecule has 0 aromatic carbocycles. The Morgan fingerprint density at radius 1 is 1.36 bits per heavy atom. The van der Waals surface area contributed by atoms with E-state index in [-0.39, 0.29) is 18.1 Å². The van der Waals surface area contributed by atoms with Gasteiger partial charge in [-0.3, -0.25) is 4.99 Å². The molecule has 0 aliphatic carbocycles. The van der Waals surface area contributed by atoms with Gasteiger partial charge in [0.2, 0.25) is 0 Å². The quantitative estimate of drug-likeness (QED) is 0.332. The van der Waals surface area contributed by atoms with E-state index in [1.165, 1.54) is 0 Å². The number of ether oxygens (including phenoxy) is 3. The van der Waals surface area contributed by atoms with Gasteiger partial charge in [0.1, 0.15) is 5.60 Å². The molecule has 28 heavy (non-hydrogen) atoms.